The number of hydrogen-bond acceptors (Lipinski definition) is 3. The molecule has 24 heavy (non-hydrogen) atoms. The minimum Gasteiger partial charge on any atom is -0.341 e. The monoisotopic (exact) mass is 329 g/mol. The van der Waals surface area contributed by atoms with Crippen molar-refractivity contribution in [1.82, 2.24) is 9.80 Å². The molecule has 2 saturated heterocycles. The third kappa shape index (κ3) is 4.58. The van der Waals surface area contributed by atoms with Crippen molar-refractivity contribution in [3.63, 3.8) is 0 Å². The summed E-state index contributed by atoms with van der Waals surface area (Å²) in [5, 5.41) is 0. The van der Waals surface area contributed by atoms with Crippen LogP contribution in [0.5, 0.6) is 0 Å². The summed E-state index contributed by atoms with van der Waals surface area (Å²) >= 11 is 0. The first kappa shape index (κ1) is 17.4. The summed E-state index contributed by atoms with van der Waals surface area (Å²) in [4.78, 5) is 17.4. The van der Waals surface area contributed by atoms with Gasteiger partial charge in [-0.25, -0.2) is 0 Å². The first-order valence-electron chi connectivity index (χ1n) is 9.55. The van der Waals surface area contributed by atoms with E-state index < -0.39 is 6.04 Å². The summed E-state index contributed by atoms with van der Waals surface area (Å²) in [6.45, 7) is 5.33. The molecule has 0 aliphatic carbocycles. The first-order chi connectivity index (χ1) is 11.7. The van der Waals surface area contributed by atoms with Crippen LogP contribution in [-0.4, -0.2) is 48.4 Å². The molecule has 1 aromatic carbocycles. The summed E-state index contributed by atoms with van der Waals surface area (Å²) in [6.07, 6.45) is 7.74. The zero-order chi connectivity index (χ0) is 16.8. The lowest BCUT2D eigenvalue weighted by Gasteiger charge is -2.36. The fourth-order valence-corrected chi connectivity index (χ4v) is 4.10. The molecule has 0 radical (unpaired) electrons. The molecule has 0 unspecified atom stereocenters. The summed E-state index contributed by atoms with van der Waals surface area (Å²) < 4.78 is 0. The van der Waals surface area contributed by atoms with Crippen LogP contribution in [0.25, 0.3) is 0 Å². The number of nitrogens with zero attached hydrogens (tertiary/aromatic N) is 2. The Kier molecular flexibility index (Phi) is 6.27. The Balaban J connectivity index is 1.55. The molecule has 4 heteroatoms. The van der Waals surface area contributed by atoms with Crippen molar-refractivity contribution in [3.8, 4) is 0 Å². The SMILES string of the molecule is N[C@@H](C(=O)N1CCC[C@H](CN2CCCCCC2)C1)c1ccccc1. The van der Waals surface area contributed by atoms with Crippen LogP contribution in [0.4, 0.5) is 0 Å². The second-order valence-electron chi connectivity index (χ2n) is 7.40. The molecule has 2 aliphatic heterocycles. The zero-order valence-corrected chi connectivity index (χ0v) is 14.7. The molecular formula is C20H31N3O. The van der Waals surface area contributed by atoms with Gasteiger partial charge in [0.25, 0.3) is 0 Å². The maximum absolute atomic E-state index is 12.8. The van der Waals surface area contributed by atoms with Gasteiger partial charge in [0.2, 0.25) is 5.91 Å². The van der Waals surface area contributed by atoms with E-state index in [1.807, 2.05) is 35.2 Å². The van der Waals surface area contributed by atoms with E-state index in [1.54, 1.807) is 0 Å². The highest BCUT2D eigenvalue weighted by atomic mass is 16.2. The molecule has 0 bridgehead atoms. The fourth-order valence-electron chi connectivity index (χ4n) is 4.10. The van der Waals surface area contributed by atoms with E-state index in [-0.39, 0.29) is 5.91 Å². The lowest BCUT2D eigenvalue weighted by atomic mass is 9.96. The molecule has 0 saturated carbocycles. The van der Waals surface area contributed by atoms with Crippen LogP contribution in [0.3, 0.4) is 0 Å². The molecule has 2 aliphatic rings. The van der Waals surface area contributed by atoms with Crippen LogP contribution >= 0.6 is 0 Å². The Labute approximate surface area is 146 Å². The number of carbonyl (C=O) groups is 1. The van der Waals surface area contributed by atoms with Gasteiger partial charge in [-0.1, -0.05) is 43.2 Å². The molecule has 4 nitrogen and oxygen atoms in total. The largest absolute Gasteiger partial charge is 0.341 e. The van der Waals surface area contributed by atoms with Gasteiger partial charge in [-0.2, -0.15) is 0 Å². The van der Waals surface area contributed by atoms with Crippen molar-refractivity contribution in [2.24, 2.45) is 11.7 Å². The zero-order valence-electron chi connectivity index (χ0n) is 14.7. The maximum atomic E-state index is 12.8. The van der Waals surface area contributed by atoms with Crippen LogP contribution in [0.1, 0.15) is 50.1 Å². The van der Waals surface area contributed by atoms with E-state index in [2.05, 4.69) is 4.90 Å². The summed E-state index contributed by atoms with van der Waals surface area (Å²) in [5.74, 6) is 0.686. The lowest BCUT2D eigenvalue weighted by molar-refractivity contribution is -0.134. The predicted molar refractivity (Wildman–Crippen MR) is 97.6 cm³/mol. The molecule has 1 amide bonds. The number of piperidine rings is 1. The molecular weight excluding hydrogens is 298 g/mol. The van der Waals surface area contributed by atoms with Gasteiger partial charge in [-0.05, 0) is 50.3 Å². The van der Waals surface area contributed by atoms with Gasteiger partial charge in [-0.3, -0.25) is 4.79 Å². The van der Waals surface area contributed by atoms with Crippen molar-refractivity contribution >= 4 is 5.91 Å². The molecule has 2 N–H and O–H groups in total. The Hall–Kier alpha value is -1.39. The first-order valence-corrected chi connectivity index (χ1v) is 9.55. The number of benzene rings is 1. The number of likely N-dealkylation sites (tertiary alicyclic amines) is 2. The van der Waals surface area contributed by atoms with Gasteiger partial charge in [0, 0.05) is 19.6 Å². The predicted octanol–water partition coefficient (Wildman–Crippen LogP) is 2.80. The number of amides is 1. The molecule has 2 atom stereocenters. The minimum absolute atomic E-state index is 0.0850. The molecule has 3 rings (SSSR count). The van der Waals surface area contributed by atoms with E-state index in [0.29, 0.717) is 5.92 Å². The second kappa shape index (κ2) is 8.63. The molecule has 0 spiro atoms. The topological polar surface area (TPSA) is 49.6 Å². The van der Waals surface area contributed by atoms with Crippen molar-refractivity contribution in [1.29, 1.82) is 0 Å². The van der Waals surface area contributed by atoms with Gasteiger partial charge >= 0.3 is 0 Å². The fraction of sp³-hybridized carbons (Fsp3) is 0.650. The highest BCUT2D eigenvalue weighted by Crippen LogP contribution is 2.22. The Morgan fingerprint density at radius 1 is 1.04 bits per heavy atom. The Morgan fingerprint density at radius 2 is 1.75 bits per heavy atom. The molecule has 2 heterocycles. The number of rotatable bonds is 4. The van der Waals surface area contributed by atoms with Crippen molar-refractivity contribution in [2.75, 3.05) is 32.7 Å². The van der Waals surface area contributed by atoms with Crippen molar-refractivity contribution < 1.29 is 4.79 Å². The lowest BCUT2D eigenvalue weighted by Crippen LogP contribution is -2.47. The molecule has 0 aromatic heterocycles. The molecule has 2 fully saturated rings. The van der Waals surface area contributed by atoms with Crippen LogP contribution < -0.4 is 5.73 Å². The quantitative estimate of drug-likeness (QED) is 0.924. The summed E-state index contributed by atoms with van der Waals surface area (Å²) in [7, 11) is 0. The van der Waals surface area contributed by atoms with Gasteiger partial charge < -0.3 is 15.5 Å². The van der Waals surface area contributed by atoms with Gasteiger partial charge in [-0.15, -0.1) is 0 Å². The van der Waals surface area contributed by atoms with Crippen LogP contribution in [0, 0.1) is 5.92 Å². The Bertz CT molecular complexity index is 511. The normalized spacial score (nSPS) is 24.4. The average molecular weight is 329 g/mol. The van der Waals surface area contributed by atoms with E-state index in [9.17, 15) is 4.79 Å². The Morgan fingerprint density at radius 3 is 2.46 bits per heavy atom. The van der Waals surface area contributed by atoms with Crippen LogP contribution in [0.15, 0.2) is 30.3 Å². The van der Waals surface area contributed by atoms with Gasteiger partial charge in [0.05, 0.1) is 0 Å². The highest BCUT2D eigenvalue weighted by Gasteiger charge is 2.28. The highest BCUT2D eigenvalue weighted by molar-refractivity contribution is 5.83. The smallest absolute Gasteiger partial charge is 0.244 e. The second-order valence-corrected chi connectivity index (χ2v) is 7.40. The average Bonchev–Trinajstić information content (AvgIpc) is 2.90. The summed E-state index contributed by atoms with van der Waals surface area (Å²) in [6, 6.07) is 9.21. The van der Waals surface area contributed by atoms with Crippen molar-refractivity contribution in [3.05, 3.63) is 35.9 Å². The molecule has 132 valence electrons. The van der Waals surface area contributed by atoms with Crippen LogP contribution in [-0.2, 0) is 4.79 Å². The third-order valence-corrected chi connectivity index (χ3v) is 5.47. The molecule has 1 aromatic rings. The minimum atomic E-state index is -0.525. The number of carbonyl (C=O) groups excluding carboxylic acids is 1. The van der Waals surface area contributed by atoms with E-state index >= 15 is 0 Å². The van der Waals surface area contributed by atoms with Crippen molar-refractivity contribution in [2.45, 2.75) is 44.6 Å². The third-order valence-electron chi connectivity index (χ3n) is 5.47. The summed E-state index contributed by atoms with van der Waals surface area (Å²) in [5.41, 5.74) is 7.13. The van der Waals surface area contributed by atoms with Gasteiger partial charge in [0.1, 0.15) is 6.04 Å². The maximum Gasteiger partial charge on any atom is 0.244 e. The standard InChI is InChI=1S/C20H31N3O/c21-19(18-10-4-3-5-11-18)20(24)23-14-8-9-17(16-23)15-22-12-6-1-2-7-13-22/h3-5,10-11,17,19H,1-2,6-9,12-16,21H2/t17-,19-/m1/s1. The van der Waals surface area contributed by atoms with Gasteiger partial charge in [0.15, 0.2) is 0 Å². The number of hydrogen-bond donors (Lipinski definition) is 1. The van der Waals surface area contributed by atoms with E-state index in [1.165, 1.54) is 45.2 Å². The van der Waals surface area contributed by atoms with Crippen LogP contribution in [0.2, 0.25) is 0 Å². The number of nitrogens with two attached hydrogens (primary N) is 1. The van der Waals surface area contributed by atoms with E-state index in [0.717, 1.165) is 31.6 Å². The van der Waals surface area contributed by atoms with E-state index in [4.69, 9.17) is 5.73 Å².